The minimum atomic E-state index is -0.939. The summed E-state index contributed by atoms with van der Waals surface area (Å²) in [6, 6.07) is 16.8. The molecule has 1 aliphatic carbocycles. The van der Waals surface area contributed by atoms with Crippen molar-refractivity contribution in [3.05, 3.63) is 83.8 Å². The Labute approximate surface area is 210 Å². The highest BCUT2D eigenvalue weighted by atomic mass is 16.5. The number of rotatable bonds is 9. The molecule has 1 atom stereocenters. The van der Waals surface area contributed by atoms with Crippen LogP contribution in [0.4, 0.5) is 5.69 Å². The second-order valence-electron chi connectivity index (χ2n) is 8.88. The molecule has 8 heteroatoms. The molecular formula is C28H31N3O5. The molecule has 1 aromatic heterocycles. The van der Waals surface area contributed by atoms with Crippen LogP contribution in [0.2, 0.25) is 0 Å². The number of benzene rings is 2. The van der Waals surface area contributed by atoms with Crippen LogP contribution in [0.1, 0.15) is 53.4 Å². The highest BCUT2D eigenvalue weighted by molar-refractivity contribution is 6.04. The van der Waals surface area contributed by atoms with E-state index >= 15 is 0 Å². The Morgan fingerprint density at radius 1 is 1.03 bits per heavy atom. The van der Waals surface area contributed by atoms with Crippen LogP contribution in [0.5, 0.6) is 5.75 Å². The third kappa shape index (κ3) is 5.76. The number of para-hydroxylation sites is 1. The van der Waals surface area contributed by atoms with Gasteiger partial charge in [-0.3, -0.25) is 19.3 Å². The number of hydrogen-bond acceptors (Lipinski definition) is 5. The number of aryl methyl sites for hydroxylation is 1. The fraction of sp³-hybridized carbons (Fsp3) is 0.321. The highest BCUT2D eigenvalue weighted by Crippen LogP contribution is 2.32. The fourth-order valence-corrected chi connectivity index (χ4v) is 4.54. The van der Waals surface area contributed by atoms with E-state index in [-0.39, 0.29) is 24.3 Å². The van der Waals surface area contributed by atoms with Gasteiger partial charge < -0.3 is 19.8 Å². The number of carbonyl (C=O) groups excluding carboxylic acids is 3. The smallest absolute Gasteiger partial charge is 0.287 e. The van der Waals surface area contributed by atoms with Gasteiger partial charge in [-0.25, -0.2) is 0 Å². The zero-order chi connectivity index (χ0) is 25.5. The molecule has 36 heavy (non-hydrogen) atoms. The van der Waals surface area contributed by atoms with Gasteiger partial charge in [0.05, 0.1) is 19.9 Å². The first-order valence-corrected chi connectivity index (χ1v) is 12.1. The Kier molecular flexibility index (Phi) is 8.05. The molecule has 1 unspecified atom stereocenters. The fourth-order valence-electron chi connectivity index (χ4n) is 4.54. The van der Waals surface area contributed by atoms with Gasteiger partial charge in [-0.15, -0.1) is 0 Å². The standard InChI is InChI=1S/C28H31N3O5/c1-19-8-3-6-11-23(19)31(25(32)18-29-27(33)24-12-7-17-36-24)26(20-13-15-22(35-2)16-14-20)28(34)30-21-9-4-5-10-21/h3,6-8,11-17,21,26H,4-5,9-10,18H2,1-2H3,(H,29,33)(H,30,34). The van der Waals surface area contributed by atoms with Crippen LogP contribution in [-0.4, -0.2) is 37.4 Å². The van der Waals surface area contributed by atoms with Crippen LogP contribution < -0.4 is 20.3 Å². The molecule has 2 aromatic carbocycles. The summed E-state index contributed by atoms with van der Waals surface area (Å²) in [5.41, 5.74) is 2.06. The summed E-state index contributed by atoms with van der Waals surface area (Å²) in [4.78, 5) is 41.4. The quantitative estimate of drug-likeness (QED) is 0.470. The Morgan fingerprint density at radius 2 is 1.75 bits per heavy atom. The van der Waals surface area contributed by atoms with Crippen molar-refractivity contribution in [2.45, 2.75) is 44.7 Å². The van der Waals surface area contributed by atoms with Crippen molar-refractivity contribution in [3.8, 4) is 5.75 Å². The molecule has 0 bridgehead atoms. The lowest BCUT2D eigenvalue weighted by Gasteiger charge is -2.33. The zero-order valence-corrected chi connectivity index (χ0v) is 20.5. The maximum atomic E-state index is 13.8. The topological polar surface area (TPSA) is 101 Å². The molecular weight excluding hydrogens is 458 g/mol. The minimum Gasteiger partial charge on any atom is -0.497 e. The van der Waals surface area contributed by atoms with Gasteiger partial charge >= 0.3 is 0 Å². The van der Waals surface area contributed by atoms with Crippen molar-refractivity contribution in [2.75, 3.05) is 18.6 Å². The average molecular weight is 490 g/mol. The van der Waals surface area contributed by atoms with Gasteiger partial charge in [-0.05, 0) is 61.2 Å². The SMILES string of the molecule is COc1ccc(C(C(=O)NC2CCCC2)N(C(=O)CNC(=O)c2ccco2)c2ccccc2C)cc1. The Morgan fingerprint density at radius 3 is 2.39 bits per heavy atom. The van der Waals surface area contributed by atoms with Crippen molar-refractivity contribution >= 4 is 23.4 Å². The lowest BCUT2D eigenvalue weighted by molar-refractivity contribution is -0.126. The van der Waals surface area contributed by atoms with E-state index in [1.165, 1.54) is 17.2 Å². The maximum absolute atomic E-state index is 13.8. The van der Waals surface area contributed by atoms with Crippen molar-refractivity contribution in [2.24, 2.45) is 0 Å². The Hall–Kier alpha value is -4.07. The van der Waals surface area contributed by atoms with E-state index < -0.39 is 17.9 Å². The summed E-state index contributed by atoms with van der Waals surface area (Å²) < 4.78 is 10.4. The summed E-state index contributed by atoms with van der Waals surface area (Å²) in [5, 5.41) is 5.77. The van der Waals surface area contributed by atoms with Crippen LogP contribution in [0.3, 0.4) is 0 Å². The molecule has 1 fully saturated rings. The van der Waals surface area contributed by atoms with Crippen LogP contribution in [0.15, 0.2) is 71.3 Å². The molecule has 1 saturated carbocycles. The van der Waals surface area contributed by atoms with E-state index in [4.69, 9.17) is 9.15 Å². The van der Waals surface area contributed by atoms with Gasteiger partial charge in [-0.2, -0.15) is 0 Å². The monoisotopic (exact) mass is 489 g/mol. The van der Waals surface area contributed by atoms with E-state index in [0.29, 0.717) is 17.0 Å². The molecule has 1 aliphatic rings. The minimum absolute atomic E-state index is 0.0747. The molecule has 0 aliphatic heterocycles. The number of nitrogens with zero attached hydrogens (tertiary/aromatic N) is 1. The van der Waals surface area contributed by atoms with Crippen LogP contribution in [-0.2, 0) is 9.59 Å². The first-order chi connectivity index (χ1) is 17.5. The number of carbonyl (C=O) groups is 3. The number of ether oxygens (including phenoxy) is 1. The van der Waals surface area contributed by atoms with Crippen molar-refractivity contribution in [3.63, 3.8) is 0 Å². The average Bonchev–Trinajstić information content (AvgIpc) is 3.61. The number of nitrogens with one attached hydrogen (secondary N) is 2. The predicted octanol–water partition coefficient (Wildman–Crippen LogP) is 4.16. The molecule has 3 aromatic rings. The molecule has 4 rings (SSSR count). The third-order valence-corrected chi connectivity index (χ3v) is 6.43. The number of amides is 3. The van der Waals surface area contributed by atoms with Crippen LogP contribution >= 0.6 is 0 Å². The molecule has 8 nitrogen and oxygen atoms in total. The first kappa shape index (κ1) is 25.0. The van der Waals surface area contributed by atoms with Crippen LogP contribution in [0.25, 0.3) is 0 Å². The number of methoxy groups -OCH3 is 1. The first-order valence-electron chi connectivity index (χ1n) is 12.1. The normalized spacial score (nSPS) is 14.2. The van der Waals surface area contributed by atoms with Crippen molar-refractivity contribution in [1.82, 2.24) is 10.6 Å². The largest absolute Gasteiger partial charge is 0.497 e. The lowest BCUT2D eigenvalue weighted by Crippen LogP contribution is -2.49. The number of anilines is 1. The number of furan rings is 1. The molecule has 188 valence electrons. The Balaban J connectivity index is 1.70. The highest BCUT2D eigenvalue weighted by Gasteiger charge is 2.35. The maximum Gasteiger partial charge on any atom is 0.287 e. The van der Waals surface area contributed by atoms with E-state index in [1.807, 2.05) is 25.1 Å². The van der Waals surface area contributed by atoms with Gasteiger partial charge in [-0.1, -0.05) is 43.2 Å². The van der Waals surface area contributed by atoms with Gasteiger partial charge in [0.1, 0.15) is 11.8 Å². The van der Waals surface area contributed by atoms with E-state index in [9.17, 15) is 14.4 Å². The summed E-state index contributed by atoms with van der Waals surface area (Å²) in [6.45, 7) is 1.58. The number of hydrogen-bond donors (Lipinski definition) is 2. The predicted molar refractivity (Wildman–Crippen MR) is 136 cm³/mol. The summed E-state index contributed by atoms with van der Waals surface area (Å²) in [6.07, 6.45) is 5.36. The van der Waals surface area contributed by atoms with Crippen LogP contribution in [0, 0.1) is 6.92 Å². The summed E-state index contributed by atoms with van der Waals surface area (Å²) >= 11 is 0. The molecule has 0 spiro atoms. The second-order valence-corrected chi connectivity index (χ2v) is 8.88. The molecule has 0 saturated heterocycles. The van der Waals surface area contributed by atoms with Gasteiger partial charge in [0, 0.05) is 11.7 Å². The van der Waals surface area contributed by atoms with E-state index in [2.05, 4.69) is 10.6 Å². The lowest BCUT2D eigenvalue weighted by atomic mass is 10.0. The zero-order valence-electron chi connectivity index (χ0n) is 20.5. The van der Waals surface area contributed by atoms with Crippen molar-refractivity contribution < 1.29 is 23.5 Å². The molecule has 0 radical (unpaired) electrons. The van der Waals surface area contributed by atoms with Crippen molar-refractivity contribution in [1.29, 1.82) is 0 Å². The molecule has 1 heterocycles. The summed E-state index contributed by atoms with van der Waals surface area (Å²) in [7, 11) is 1.57. The molecule has 2 N–H and O–H groups in total. The summed E-state index contributed by atoms with van der Waals surface area (Å²) in [5.74, 6) is -0.439. The van der Waals surface area contributed by atoms with E-state index in [0.717, 1.165) is 31.2 Å². The third-order valence-electron chi connectivity index (χ3n) is 6.43. The van der Waals surface area contributed by atoms with Gasteiger partial charge in [0.2, 0.25) is 11.8 Å². The van der Waals surface area contributed by atoms with Gasteiger partial charge in [0.25, 0.3) is 5.91 Å². The second kappa shape index (κ2) is 11.6. The molecule has 3 amide bonds. The van der Waals surface area contributed by atoms with Gasteiger partial charge in [0.15, 0.2) is 5.76 Å². The Bertz CT molecular complexity index is 1180. The van der Waals surface area contributed by atoms with E-state index in [1.54, 1.807) is 43.5 Å².